The molecule has 0 amide bonds. The maximum atomic E-state index is 13.2. The molecule has 0 saturated heterocycles. The van der Waals surface area contributed by atoms with Crippen molar-refractivity contribution in [3.05, 3.63) is 59.4 Å². The molecule has 2 aromatic rings. The minimum atomic E-state index is -3.06. The van der Waals surface area contributed by atoms with Crippen LogP contribution in [-0.2, 0) is 11.3 Å². The van der Waals surface area contributed by atoms with E-state index < -0.39 is 18.4 Å². The lowest BCUT2D eigenvalue weighted by Gasteiger charge is -2.12. The van der Waals surface area contributed by atoms with Gasteiger partial charge in [-0.1, -0.05) is 12.1 Å². The van der Waals surface area contributed by atoms with Crippen LogP contribution in [0.2, 0.25) is 0 Å². The molecule has 0 N–H and O–H groups in total. The number of methoxy groups -OCH3 is 1. The average molecular weight is 326 g/mol. The number of rotatable bonds is 6. The molecule has 4 nitrogen and oxygen atoms in total. The molecule has 0 aliphatic heterocycles. The molecule has 0 atom stereocenters. The van der Waals surface area contributed by atoms with Crippen LogP contribution in [0.5, 0.6) is 11.5 Å². The van der Waals surface area contributed by atoms with Crippen molar-refractivity contribution in [2.45, 2.75) is 13.2 Å². The van der Waals surface area contributed by atoms with Gasteiger partial charge in [-0.15, -0.1) is 0 Å². The fourth-order valence-corrected chi connectivity index (χ4v) is 1.92. The normalized spacial score (nSPS) is 10.5. The molecule has 0 heterocycles. The Bertz CT molecular complexity index is 689. The minimum absolute atomic E-state index is 0.150. The summed E-state index contributed by atoms with van der Waals surface area (Å²) in [6, 6.07) is 9.21. The molecule has 0 bridgehead atoms. The van der Waals surface area contributed by atoms with Gasteiger partial charge < -0.3 is 14.2 Å². The lowest BCUT2D eigenvalue weighted by atomic mass is 10.2. The molecule has 23 heavy (non-hydrogen) atoms. The molecule has 0 aliphatic carbocycles. The van der Waals surface area contributed by atoms with Crippen molar-refractivity contribution in [2.24, 2.45) is 0 Å². The second kappa shape index (κ2) is 7.53. The molecule has 0 radical (unpaired) electrons. The lowest BCUT2D eigenvalue weighted by Crippen LogP contribution is -2.11. The molecular formula is C16H13F3O4. The van der Waals surface area contributed by atoms with Crippen LogP contribution in [-0.4, -0.2) is 19.7 Å². The number of carbonyl (C=O) groups is 1. The Morgan fingerprint density at radius 3 is 2.57 bits per heavy atom. The highest BCUT2D eigenvalue weighted by Gasteiger charge is 2.17. The van der Waals surface area contributed by atoms with Crippen molar-refractivity contribution in [3.63, 3.8) is 0 Å². The third kappa shape index (κ3) is 4.38. The van der Waals surface area contributed by atoms with Gasteiger partial charge >= 0.3 is 12.6 Å². The SMILES string of the molecule is COc1ccc(F)cc1COC(=O)c1ccccc1OC(F)F. The standard InChI is InChI=1S/C16H13F3O4/c1-21-13-7-6-11(17)8-10(13)9-22-15(20)12-4-2-3-5-14(12)23-16(18)19/h2-8,16H,9H2,1H3. The number of hydrogen-bond donors (Lipinski definition) is 0. The molecule has 0 saturated carbocycles. The number of hydrogen-bond acceptors (Lipinski definition) is 4. The van der Waals surface area contributed by atoms with E-state index in [1.165, 1.54) is 43.5 Å². The molecule has 0 fully saturated rings. The van der Waals surface area contributed by atoms with Crippen LogP contribution in [0.3, 0.4) is 0 Å². The summed E-state index contributed by atoms with van der Waals surface area (Å²) < 4.78 is 52.2. The van der Waals surface area contributed by atoms with E-state index in [-0.39, 0.29) is 17.9 Å². The Balaban J connectivity index is 2.13. The zero-order valence-corrected chi connectivity index (χ0v) is 12.1. The number of alkyl halides is 2. The Kier molecular flexibility index (Phi) is 5.46. The van der Waals surface area contributed by atoms with Crippen LogP contribution in [0.15, 0.2) is 42.5 Å². The van der Waals surface area contributed by atoms with Crippen molar-refractivity contribution in [1.82, 2.24) is 0 Å². The second-order valence-corrected chi connectivity index (χ2v) is 4.41. The van der Waals surface area contributed by atoms with E-state index >= 15 is 0 Å². The summed E-state index contributed by atoms with van der Waals surface area (Å²) in [5, 5.41) is 0. The van der Waals surface area contributed by atoms with Crippen LogP contribution in [0.1, 0.15) is 15.9 Å². The van der Waals surface area contributed by atoms with E-state index in [9.17, 15) is 18.0 Å². The molecule has 0 unspecified atom stereocenters. The Morgan fingerprint density at radius 1 is 1.13 bits per heavy atom. The summed E-state index contributed by atoms with van der Waals surface area (Å²) in [5.74, 6) is -1.33. The fraction of sp³-hybridized carbons (Fsp3) is 0.188. The third-order valence-electron chi connectivity index (χ3n) is 2.92. The molecule has 0 aliphatic rings. The third-order valence-corrected chi connectivity index (χ3v) is 2.92. The van der Waals surface area contributed by atoms with Gasteiger partial charge in [-0.25, -0.2) is 9.18 Å². The fourth-order valence-electron chi connectivity index (χ4n) is 1.92. The van der Waals surface area contributed by atoms with E-state index in [2.05, 4.69) is 4.74 Å². The first-order valence-corrected chi connectivity index (χ1v) is 6.54. The van der Waals surface area contributed by atoms with Gasteiger partial charge in [-0.3, -0.25) is 0 Å². The molecule has 0 aromatic heterocycles. The Hall–Kier alpha value is -2.70. The topological polar surface area (TPSA) is 44.8 Å². The Labute approximate surface area is 130 Å². The maximum Gasteiger partial charge on any atom is 0.387 e. The smallest absolute Gasteiger partial charge is 0.387 e. The zero-order valence-electron chi connectivity index (χ0n) is 12.1. The minimum Gasteiger partial charge on any atom is -0.496 e. The summed E-state index contributed by atoms with van der Waals surface area (Å²) >= 11 is 0. The van der Waals surface area contributed by atoms with Gasteiger partial charge in [-0.2, -0.15) is 8.78 Å². The van der Waals surface area contributed by atoms with Crippen molar-refractivity contribution in [2.75, 3.05) is 7.11 Å². The van der Waals surface area contributed by atoms with E-state index in [1.807, 2.05) is 0 Å². The second-order valence-electron chi connectivity index (χ2n) is 4.41. The number of para-hydroxylation sites is 1. The summed E-state index contributed by atoms with van der Waals surface area (Å²) in [5.41, 5.74) is 0.163. The van der Waals surface area contributed by atoms with Crippen LogP contribution < -0.4 is 9.47 Å². The highest BCUT2D eigenvalue weighted by molar-refractivity contribution is 5.92. The van der Waals surface area contributed by atoms with E-state index in [1.54, 1.807) is 0 Å². The summed E-state index contributed by atoms with van der Waals surface area (Å²) in [6.45, 7) is -3.34. The highest BCUT2D eigenvalue weighted by Crippen LogP contribution is 2.24. The number of carbonyl (C=O) groups excluding carboxylic acids is 1. The number of esters is 1. The summed E-state index contributed by atoms with van der Waals surface area (Å²) in [6.07, 6.45) is 0. The Morgan fingerprint density at radius 2 is 1.87 bits per heavy atom. The quantitative estimate of drug-likeness (QED) is 0.758. The van der Waals surface area contributed by atoms with Crippen LogP contribution >= 0.6 is 0 Å². The van der Waals surface area contributed by atoms with E-state index in [4.69, 9.17) is 9.47 Å². The first-order valence-electron chi connectivity index (χ1n) is 6.54. The van der Waals surface area contributed by atoms with Crippen LogP contribution in [0.4, 0.5) is 13.2 Å². The number of benzene rings is 2. The molecular weight excluding hydrogens is 313 g/mol. The molecule has 2 rings (SSSR count). The van der Waals surface area contributed by atoms with E-state index in [0.29, 0.717) is 11.3 Å². The first-order chi connectivity index (χ1) is 11.0. The first kappa shape index (κ1) is 16.7. The molecule has 122 valence electrons. The van der Waals surface area contributed by atoms with Gasteiger partial charge in [0, 0.05) is 5.56 Å². The van der Waals surface area contributed by atoms with Gasteiger partial charge in [0.1, 0.15) is 29.5 Å². The van der Waals surface area contributed by atoms with Crippen LogP contribution in [0, 0.1) is 5.82 Å². The predicted octanol–water partition coefficient (Wildman–Crippen LogP) is 3.79. The zero-order chi connectivity index (χ0) is 16.8. The highest BCUT2D eigenvalue weighted by atomic mass is 19.3. The van der Waals surface area contributed by atoms with Crippen molar-refractivity contribution in [1.29, 1.82) is 0 Å². The van der Waals surface area contributed by atoms with Crippen LogP contribution in [0.25, 0.3) is 0 Å². The van der Waals surface area contributed by atoms with Crippen molar-refractivity contribution >= 4 is 5.97 Å². The molecule has 7 heteroatoms. The monoisotopic (exact) mass is 326 g/mol. The molecule has 0 spiro atoms. The van der Waals surface area contributed by atoms with Gasteiger partial charge in [0.25, 0.3) is 0 Å². The van der Waals surface area contributed by atoms with Gasteiger partial charge in [0.15, 0.2) is 0 Å². The van der Waals surface area contributed by atoms with Gasteiger partial charge in [-0.05, 0) is 30.3 Å². The predicted molar refractivity (Wildman–Crippen MR) is 75.1 cm³/mol. The average Bonchev–Trinajstić information content (AvgIpc) is 2.52. The van der Waals surface area contributed by atoms with Crippen molar-refractivity contribution in [3.8, 4) is 11.5 Å². The van der Waals surface area contributed by atoms with Gasteiger partial charge in [0.2, 0.25) is 0 Å². The van der Waals surface area contributed by atoms with Gasteiger partial charge in [0.05, 0.1) is 7.11 Å². The maximum absolute atomic E-state index is 13.2. The van der Waals surface area contributed by atoms with E-state index in [0.717, 1.165) is 6.07 Å². The van der Waals surface area contributed by atoms with Crippen molar-refractivity contribution < 1.29 is 32.2 Å². The number of halogens is 3. The summed E-state index contributed by atoms with van der Waals surface area (Å²) in [4.78, 5) is 12.0. The molecule has 2 aromatic carbocycles. The number of ether oxygens (including phenoxy) is 3. The lowest BCUT2D eigenvalue weighted by molar-refractivity contribution is -0.0504. The summed E-state index contributed by atoms with van der Waals surface area (Å²) in [7, 11) is 1.39. The largest absolute Gasteiger partial charge is 0.496 e.